The molecule has 0 aliphatic heterocycles. The molecule has 0 saturated carbocycles. The summed E-state index contributed by atoms with van der Waals surface area (Å²) >= 11 is 5.95. The first-order valence-electron chi connectivity index (χ1n) is 4.84. The molecule has 0 aliphatic carbocycles. The van der Waals surface area contributed by atoms with Crippen LogP contribution in [-0.4, -0.2) is 17.6 Å². The number of carboxylic acids is 1. The average Bonchev–Trinajstić information content (AvgIpc) is 2.20. The highest BCUT2D eigenvalue weighted by Crippen LogP contribution is 2.27. The average molecular weight is 228 g/mol. The second-order valence-corrected chi connectivity index (χ2v) is 3.75. The number of carbonyl (C=O) groups is 1. The lowest BCUT2D eigenvalue weighted by atomic mass is 9.94. The Balaban J connectivity index is 2.89. The van der Waals surface area contributed by atoms with Crippen LogP contribution in [-0.2, 0) is 4.79 Å². The quantitative estimate of drug-likeness (QED) is 0.811. The maximum absolute atomic E-state index is 11.1. The number of halogens is 1. The summed E-state index contributed by atoms with van der Waals surface area (Å²) in [4.78, 5) is 11.1. The molecule has 0 fully saturated rings. The van der Waals surface area contributed by atoms with Crippen molar-refractivity contribution in [2.45, 2.75) is 18.8 Å². The van der Waals surface area contributed by atoms with Crippen LogP contribution in [0.5, 0.6) is 0 Å². The fourth-order valence-corrected chi connectivity index (χ4v) is 1.76. The van der Waals surface area contributed by atoms with Crippen molar-refractivity contribution in [1.29, 1.82) is 0 Å². The Bertz CT molecular complexity index is 341. The van der Waals surface area contributed by atoms with Crippen molar-refractivity contribution in [1.82, 2.24) is 0 Å². The molecule has 1 rings (SSSR count). The number of hydrogen-bond donors (Lipinski definition) is 2. The lowest BCUT2D eigenvalue weighted by Crippen LogP contribution is -2.14. The smallest absolute Gasteiger partial charge is 0.311 e. The maximum Gasteiger partial charge on any atom is 0.311 e. The molecule has 1 aromatic rings. The molecule has 15 heavy (non-hydrogen) atoms. The normalized spacial score (nSPS) is 12.4. The minimum Gasteiger partial charge on any atom is -0.481 e. The fraction of sp³-hybridized carbons (Fsp3) is 0.364. The van der Waals surface area contributed by atoms with Crippen LogP contribution in [0.3, 0.4) is 0 Å². The first-order valence-corrected chi connectivity index (χ1v) is 5.22. The third-order valence-corrected chi connectivity index (χ3v) is 2.62. The summed E-state index contributed by atoms with van der Waals surface area (Å²) in [5.41, 5.74) is 6.03. The van der Waals surface area contributed by atoms with E-state index in [9.17, 15) is 4.79 Å². The van der Waals surface area contributed by atoms with E-state index >= 15 is 0 Å². The molecule has 82 valence electrons. The summed E-state index contributed by atoms with van der Waals surface area (Å²) in [6, 6.07) is 7.03. The molecule has 0 aromatic heterocycles. The van der Waals surface area contributed by atoms with Crippen LogP contribution in [0.15, 0.2) is 24.3 Å². The molecule has 1 atom stereocenters. The highest BCUT2D eigenvalue weighted by molar-refractivity contribution is 6.31. The first kappa shape index (κ1) is 12.0. The van der Waals surface area contributed by atoms with Gasteiger partial charge in [0, 0.05) is 5.02 Å². The van der Waals surface area contributed by atoms with Gasteiger partial charge in [-0.2, -0.15) is 0 Å². The van der Waals surface area contributed by atoms with Gasteiger partial charge in [0.1, 0.15) is 0 Å². The van der Waals surface area contributed by atoms with Crippen LogP contribution in [0.4, 0.5) is 0 Å². The number of benzene rings is 1. The molecular weight excluding hydrogens is 214 g/mol. The van der Waals surface area contributed by atoms with Crippen molar-refractivity contribution in [2.24, 2.45) is 5.73 Å². The molecule has 4 heteroatoms. The Morgan fingerprint density at radius 2 is 2.13 bits per heavy atom. The van der Waals surface area contributed by atoms with Gasteiger partial charge in [0.2, 0.25) is 0 Å². The van der Waals surface area contributed by atoms with E-state index in [4.69, 9.17) is 22.4 Å². The lowest BCUT2D eigenvalue weighted by molar-refractivity contribution is -0.139. The number of carboxylic acid groups (broad SMARTS) is 1. The summed E-state index contributed by atoms with van der Waals surface area (Å²) in [6.45, 7) is 0.494. The van der Waals surface area contributed by atoms with E-state index in [1.165, 1.54) is 0 Å². The van der Waals surface area contributed by atoms with Gasteiger partial charge in [-0.1, -0.05) is 29.8 Å². The monoisotopic (exact) mass is 227 g/mol. The zero-order valence-electron chi connectivity index (χ0n) is 8.32. The molecule has 1 aromatic carbocycles. The Morgan fingerprint density at radius 3 is 2.67 bits per heavy atom. The molecule has 3 N–H and O–H groups in total. The third kappa shape index (κ3) is 3.22. The molecule has 0 amide bonds. The second kappa shape index (κ2) is 5.73. The number of hydrogen-bond acceptors (Lipinski definition) is 2. The molecule has 3 nitrogen and oxygen atoms in total. The largest absolute Gasteiger partial charge is 0.481 e. The predicted molar refractivity (Wildman–Crippen MR) is 60.1 cm³/mol. The van der Waals surface area contributed by atoms with Gasteiger partial charge < -0.3 is 10.8 Å². The van der Waals surface area contributed by atoms with Gasteiger partial charge in [0.15, 0.2) is 0 Å². The van der Waals surface area contributed by atoms with E-state index in [0.29, 0.717) is 30.0 Å². The van der Waals surface area contributed by atoms with Gasteiger partial charge in [-0.15, -0.1) is 0 Å². The van der Waals surface area contributed by atoms with Gasteiger partial charge in [0.25, 0.3) is 0 Å². The molecule has 0 heterocycles. The zero-order chi connectivity index (χ0) is 11.3. The topological polar surface area (TPSA) is 63.3 Å². The maximum atomic E-state index is 11.1. The number of nitrogens with two attached hydrogens (primary N) is 1. The van der Waals surface area contributed by atoms with Gasteiger partial charge in [-0.05, 0) is 31.0 Å². The van der Waals surface area contributed by atoms with Crippen LogP contribution in [0.25, 0.3) is 0 Å². The van der Waals surface area contributed by atoms with Crippen molar-refractivity contribution in [3.05, 3.63) is 34.9 Å². The third-order valence-electron chi connectivity index (χ3n) is 2.28. The summed E-state index contributed by atoms with van der Waals surface area (Å²) < 4.78 is 0. The summed E-state index contributed by atoms with van der Waals surface area (Å²) in [5.74, 6) is -1.40. The highest BCUT2D eigenvalue weighted by atomic mass is 35.5. The highest BCUT2D eigenvalue weighted by Gasteiger charge is 2.21. The van der Waals surface area contributed by atoms with Crippen LogP contribution < -0.4 is 5.73 Å². The van der Waals surface area contributed by atoms with Gasteiger partial charge >= 0.3 is 5.97 Å². The van der Waals surface area contributed by atoms with E-state index in [-0.39, 0.29) is 0 Å². The summed E-state index contributed by atoms with van der Waals surface area (Å²) in [6.07, 6.45) is 1.21. The van der Waals surface area contributed by atoms with Gasteiger partial charge in [-0.3, -0.25) is 4.79 Å². The van der Waals surface area contributed by atoms with Crippen LogP contribution >= 0.6 is 11.6 Å². The van der Waals surface area contributed by atoms with Gasteiger partial charge in [0.05, 0.1) is 5.92 Å². The van der Waals surface area contributed by atoms with Crippen molar-refractivity contribution >= 4 is 17.6 Å². The molecule has 0 spiro atoms. The van der Waals surface area contributed by atoms with Crippen LogP contribution in [0.2, 0.25) is 5.02 Å². The van der Waals surface area contributed by atoms with Crippen LogP contribution in [0, 0.1) is 0 Å². The second-order valence-electron chi connectivity index (χ2n) is 3.34. The Hall–Kier alpha value is -1.06. The van der Waals surface area contributed by atoms with E-state index in [1.807, 2.05) is 0 Å². The SMILES string of the molecule is NCCCC(C(=O)O)c1ccccc1Cl. The molecule has 0 radical (unpaired) electrons. The minimum atomic E-state index is -0.850. The van der Waals surface area contributed by atoms with E-state index in [0.717, 1.165) is 0 Å². The molecule has 1 unspecified atom stereocenters. The predicted octanol–water partition coefficient (Wildman–Crippen LogP) is 2.25. The molecule has 0 saturated heterocycles. The standard InChI is InChI=1S/C11H14ClNO2/c12-10-6-2-1-4-8(10)9(11(14)15)5-3-7-13/h1-2,4,6,9H,3,5,7,13H2,(H,14,15). The van der Waals surface area contributed by atoms with Crippen molar-refractivity contribution in [3.8, 4) is 0 Å². The van der Waals surface area contributed by atoms with E-state index < -0.39 is 11.9 Å². The Kier molecular flexibility index (Phi) is 4.59. The first-order chi connectivity index (χ1) is 7.16. The Morgan fingerprint density at radius 1 is 1.47 bits per heavy atom. The van der Waals surface area contributed by atoms with E-state index in [2.05, 4.69) is 0 Å². The lowest BCUT2D eigenvalue weighted by Gasteiger charge is -2.13. The van der Waals surface area contributed by atoms with Crippen molar-refractivity contribution in [2.75, 3.05) is 6.54 Å². The van der Waals surface area contributed by atoms with Crippen molar-refractivity contribution < 1.29 is 9.90 Å². The minimum absolute atomic E-state index is 0.494. The number of aliphatic carboxylic acids is 1. The number of rotatable bonds is 5. The molecule has 0 bridgehead atoms. The summed E-state index contributed by atoms with van der Waals surface area (Å²) in [7, 11) is 0. The Labute approximate surface area is 93.9 Å². The van der Waals surface area contributed by atoms with Crippen molar-refractivity contribution in [3.63, 3.8) is 0 Å². The van der Waals surface area contributed by atoms with Crippen LogP contribution in [0.1, 0.15) is 24.3 Å². The van der Waals surface area contributed by atoms with Gasteiger partial charge in [-0.25, -0.2) is 0 Å². The molecule has 0 aliphatic rings. The fourth-order valence-electron chi connectivity index (χ4n) is 1.49. The zero-order valence-corrected chi connectivity index (χ0v) is 9.07. The van der Waals surface area contributed by atoms with E-state index in [1.54, 1.807) is 24.3 Å². The summed E-state index contributed by atoms with van der Waals surface area (Å²) in [5, 5.41) is 9.58. The molecular formula is C11H14ClNO2.